The standard InChI is InChI=1S/C16H11Cl2F3N6/c1-7-24-13-12(10(5-22-13)9-3-2-8(17)4-11(9)18)14(25-7)27-6-23-15(26-27)16(19,20)21/h2-4,6,10H,5H2,1H3,(H,22,24,25). The van der Waals surface area contributed by atoms with Gasteiger partial charge >= 0.3 is 6.18 Å². The molecule has 1 aliphatic heterocycles. The molecule has 4 rings (SSSR count). The molecule has 11 heteroatoms. The number of alkyl halides is 3. The van der Waals surface area contributed by atoms with Crippen LogP contribution in [0.5, 0.6) is 0 Å². The summed E-state index contributed by atoms with van der Waals surface area (Å²) < 4.78 is 39.7. The van der Waals surface area contributed by atoms with Gasteiger partial charge < -0.3 is 5.32 Å². The Morgan fingerprint density at radius 1 is 1.22 bits per heavy atom. The summed E-state index contributed by atoms with van der Waals surface area (Å²) in [5, 5.41) is 7.63. The molecule has 0 bridgehead atoms. The Kier molecular flexibility index (Phi) is 4.23. The Bertz CT molecular complexity index is 1030. The number of hydrogen-bond donors (Lipinski definition) is 1. The number of rotatable bonds is 2. The quantitative estimate of drug-likeness (QED) is 0.678. The lowest BCUT2D eigenvalue weighted by molar-refractivity contribution is -0.144. The predicted molar refractivity (Wildman–Crippen MR) is 93.5 cm³/mol. The lowest BCUT2D eigenvalue weighted by Gasteiger charge is -2.15. The van der Waals surface area contributed by atoms with E-state index in [4.69, 9.17) is 23.2 Å². The van der Waals surface area contributed by atoms with E-state index in [1.807, 2.05) is 0 Å². The minimum Gasteiger partial charge on any atom is -0.369 e. The lowest BCUT2D eigenvalue weighted by Crippen LogP contribution is -2.12. The van der Waals surface area contributed by atoms with Crippen LogP contribution in [0, 0.1) is 6.92 Å². The van der Waals surface area contributed by atoms with Crippen LogP contribution in [0.4, 0.5) is 19.0 Å². The first-order chi connectivity index (χ1) is 12.7. The van der Waals surface area contributed by atoms with E-state index in [1.165, 1.54) is 0 Å². The second-order valence-electron chi connectivity index (χ2n) is 5.97. The van der Waals surface area contributed by atoms with Crippen molar-refractivity contribution in [2.45, 2.75) is 19.0 Å². The van der Waals surface area contributed by atoms with E-state index in [2.05, 4.69) is 25.4 Å². The van der Waals surface area contributed by atoms with Gasteiger partial charge in [-0.2, -0.15) is 13.2 Å². The zero-order chi connectivity index (χ0) is 19.3. The van der Waals surface area contributed by atoms with E-state index in [0.29, 0.717) is 33.8 Å². The third-order valence-electron chi connectivity index (χ3n) is 4.16. The predicted octanol–water partition coefficient (Wildman–Crippen LogP) is 4.25. The molecule has 140 valence electrons. The maximum Gasteiger partial charge on any atom is 0.453 e. The molecule has 0 aliphatic carbocycles. The summed E-state index contributed by atoms with van der Waals surface area (Å²) in [6, 6.07) is 5.09. The van der Waals surface area contributed by atoms with Crippen LogP contribution in [0.25, 0.3) is 5.82 Å². The summed E-state index contributed by atoms with van der Waals surface area (Å²) in [7, 11) is 0. The highest BCUT2D eigenvalue weighted by molar-refractivity contribution is 6.35. The van der Waals surface area contributed by atoms with Crippen LogP contribution in [0.15, 0.2) is 24.5 Å². The first kappa shape index (κ1) is 18.0. The fourth-order valence-electron chi connectivity index (χ4n) is 3.04. The van der Waals surface area contributed by atoms with Crippen LogP contribution >= 0.6 is 23.2 Å². The second kappa shape index (κ2) is 6.35. The molecule has 0 spiro atoms. The van der Waals surface area contributed by atoms with Gasteiger partial charge in [-0.15, -0.1) is 5.10 Å². The topological polar surface area (TPSA) is 68.5 Å². The Morgan fingerprint density at radius 3 is 2.67 bits per heavy atom. The summed E-state index contributed by atoms with van der Waals surface area (Å²) in [5.74, 6) is -0.374. The highest BCUT2D eigenvalue weighted by Gasteiger charge is 2.37. The van der Waals surface area contributed by atoms with Crippen LogP contribution in [0.3, 0.4) is 0 Å². The first-order valence-electron chi connectivity index (χ1n) is 7.80. The number of benzene rings is 1. The monoisotopic (exact) mass is 414 g/mol. The number of halogens is 5. The van der Waals surface area contributed by atoms with Crippen molar-refractivity contribution in [3.8, 4) is 5.82 Å². The number of fused-ring (bicyclic) bond motifs is 1. The van der Waals surface area contributed by atoms with E-state index in [-0.39, 0.29) is 11.7 Å². The third-order valence-corrected chi connectivity index (χ3v) is 4.72. The van der Waals surface area contributed by atoms with Gasteiger partial charge in [-0.1, -0.05) is 29.3 Å². The minimum absolute atomic E-state index is 0.224. The van der Waals surface area contributed by atoms with Crippen molar-refractivity contribution >= 4 is 29.0 Å². The maximum absolute atomic E-state index is 12.9. The smallest absolute Gasteiger partial charge is 0.369 e. The lowest BCUT2D eigenvalue weighted by atomic mass is 9.94. The molecule has 3 aromatic rings. The van der Waals surface area contributed by atoms with Gasteiger partial charge in [-0.25, -0.2) is 19.6 Å². The van der Waals surface area contributed by atoms with Gasteiger partial charge in [-0.3, -0.25) is 0 Å². The number of aromatic nitrogens is 5. The molecule has 0 saturated carbocycles. The van der Waals surface area contributed by atoms with Crippen molar-refractivity contribution in [3.63, 3.8) is 0 Å². The summed E-state index contributed by atoms with van der Waals surface area (Å²) in [6.07, 6.45) is -3.66. The SMILES string of the molecule is Cc1nc2c(c(-n3cnc(C(F)(F)F)n3)n1)C(c1ccc(Cl)cc1Cl)CN2. The van der Waals surface area contributed by atoms with Gasteiger partial charge in [0, 0.05) is 28.1 Å². The van der Waals surface area contributed by atoms with Crippen LogP contribution in [0.2, 0.25) is 10.0 Å². The molecular weight excluding hydrogens is 404 g/mol. The Morgan fingerprint density at radius 2 is 2.00 bits per heavy atom. The average Bonchev–Trinajstić information content (AvgIpc) is 3.21. The van der Waals surface area contributed by atoms with Crippen molar-refractivity contribution in [1.29, 1.82) is 0 Å². The molecule has 0 amide bonds. The van der Waals surface area contributed by atoms with E-state index in [1.54, 1.807) is 25.1 Å². The Labute approximate surface area is 161 Å². The van der Waals surface area contributed by atoms with E-state index in [9.17, 15) is 13.2 Å². The molecular formula is C16H11Cl2F3N6. The molecule has 0 fully saturated rings. The number of anilines is 1. The van der Waals surface area contributed by atoms with Crippen molar-refractivity contribution in [2.75, 3.05) is 11.9 Å². The Balaban J connectivity index is 1.87. The molecule has 3 heterocycles. The number of nitrogens with zero attached hydrogens (tertiary/aromatic N) is 5. The summed E-state index contributed by atoms with van der Waals surface area (Å²) in [4.78, 5) is 12.0. The fourth-order valence-corrected chi connectivity index (χ4v) is 3.58. The van der Waals surface area contributed by atoms with Crippen molar-refractivity contribution in [1.82, 2.24) is 24.7 Å². The van der Waals surface area contributed by atoms with Crippen LogP contribution < -0.4 is 5.32 Å². The molecule has 0 saturated heterocycles. The highest BCUT2D eigenvalue weighted by atomic mass is 35.5. The van der Waals surface area contributed by atoms with Crippen molar-refractivity contribution < 1.29 is 13.2 Å². The molecule has 0 radical (unpaired) electrons. The molecule has 1 aliphatic rings. The molecule has 6 nitrogen and oxygen atoms in total. The Hall–Kier alpha value is -2.39. The average molecular weight is 415 g/mol. The molecule has 27 heavy (non-hydrogen) atoms. The van der Waals surface area contributed by atoms with Crippen LogP contribution in [0.1, 0.15) is 28.7 Å². The number of nitrogens with one attached hydrogen (secondary N) is 1. The normalized spacial score (nSPS) is 16.3. The van der Waals surface area contributed by atoms with Gasteiger partial charge in [0.15, 0.2) is 5.82 Å². The van der Waals surface area contributed by atoms with Gasteiger partial charge in [-0.05, 0) is 24.6 Å². The van der Waals surface area contributed by atoms with Gasteiger partial charge in [0.2, 0.25) is 0 Å². The van der Waals surface area contributed by atoms with E-state index >= 15 is 0 Å². The molecule has 2 aromatic heterocycles. The molecule has 1 atom stereocenters. The van der Waals surface area contributed by atoms with E-state index < -0.39 is 12.0 Å². The molecule has 1 N–H and O–H groups in total. The van der Waals surface area contributed by atoms with Gasteiger partial charge in [0.1, 0.15) is 18.0 Å². The van der Waals surface area contributed by atoms with Crippen molar-refractivity contribution in [3.05, 3.63) is 57.3 Å². The maximum atomic E-state index is 12.9. The molecule has 1 unspecified atom stereocenters. The third kappa shape index (κ3) is 3.21. The number of aryl methyl sites for hydroxylation is 1. The second-order valence-corrected chi connectivity index (χ2v) is 6.81. The first-order valence-corrected chi connectivity index (χ1v) is 8.56. The van der Waals surface area contributed by atoms with Crippen molar-refractivity contribution in [2.24, 2.45) is 0 Å². The fraction of sp³-hybridized carbons (Fsp3) is 0.250. The zero-order valence-corrected chi connectivity index (χ0v) is 15.2. The van der Waals surface area contributed by atoms with Crippen LogP contribution in [-0.2, 0) is 6.18 Å². The summed E-state index contributed by atoms with van der Waals surface area (Å²) >= 11 is 12.3. The summed E-state index contributed by atoms with van der Waals surface area (Å²) in [5.41, 5.74) is 1.36. The zero-order valence-electron chi connectivity index (χ0n) is 13.7. The highest BCUT2D eigenvalue weighted by Crippen LogP contribution is 2.41. The van der Waals surface area contributed by atoms with E-state index in [0.717, 1.165) is 16.6 Å². The van der Waals surface area contributed by atoms with Gasteiger partial charge in [0.25, 0.3) is 5.82 Å². The van der Waals surface area contributed by atoms with Gasteiger partial charge in [0.05, 0.1) is 0 Å². The number of hydrogen-bond acceptors (Lipinski definition) is 5. The minimum atomic E-state index is -4.65. The van der Waals surface area contributed by atoms with Crippen LogP contribution in [-0.4, -0.2) is 31.3 Å². The summed E-state index contributed by atoms with van der Waals surface area (Å²) in [6.45, 7) is 2.11. The molecule has 1 aromatic carbocycles. The largest absolute Gasteiger partial charge is 0.453 e.